The van der Waals surface area contributed by atoms with Crippen LogP contribution in [0.5, 0.6) is 0 Å². The van der Waals surface area contributed by atoms with Gasteiger partial charge in [0.05, 0.1) is 0 Å². The maximum Gasteiger partial charge on any atom is -0.00258 e. The molecule has 0 fully saturated rings. The minimum absolute atomic E-state index is 1.03. The Labute approximate surface area is 110 Å². The van der Waals surface area contributed by atoms with E-state index in [-0.39, 0.29) is 0 Å². The molecule has 0 aliphatic carbocycles. The molecule has 0 heterocycles. The summed E-state index contributed by atoms with van der Waals surface area (Å²) < 4.78 is 0. The highest BCUT2D eigenvalue weighted by Crippen LogP contribution is 2.11. The zero-order chi connectivity index (χ0) is 12.6. The molecule has 0 aromatic heterocycles. The molecule has 18 heavy (non-hydrogen) atoms. The van der Waals surface area contributed by atoms with Crippen LogP contribution in [0.4, 0.5) is 0 Å². The van der Waals surface area contributed by atoms with Crippen LogP contribution in [-0.4, -0.2) is 13.6 Å². The maximum atomic E-state index is 3.18. The van der Waals surface area contributed by atoms with Crippen molar-refractivity contribution in [2.75, 3.05) is 13.6 Å². The van der Waals surface area contributed by atoms with E-state index in [0.717, 1.165) is 19.4 Å². The molecule has 94 valence electrons. The lowest BCUT2D eigenvalue weighted by Gasteiger charge is -2.05. The van der Waals surface area contributed by atoms with E-state index in [2.05, 4.69) is 59.9 Å². The number of nitrogens with one attached hydrogen (secondary N) is 1. The molecule has 0 amide bonds. The monoisotopic (exact) mass is 239 g/mol. The van der Waals surface area contributed by atoms with Crippen LogP contribution in [0.1, 0.15) is 23.1 Å². The molecule has 0 aliphatic rings. The second kappa shape index (κ2) is 6.97. The molecule has 0 bridgehead atoms. The van der Waals surface area contributed by atoms with Crippen molar-refractivity contribution in [2.24, 2.45) is 0 Å². The smallest absolute Gasteiger partial charge is 0.00258 e. The molecule has 1 heteroatoms. The number of benzene rings is 2. The second-order valence-electron chi connectivity index (χ2n) is 4.69. The van der Waals surface area contributed by atoms with Gasteiger partial charge in [0.1, 0.15) is 0 Å². The molecular weight excluding hydrogens is 218 g/mol. The summed E-state index contributed by atoms with van der Waals surface area (Å²) in [5.74, 6) is 0. The summed E-state index contributed by atoms with van der Waals surface area (Å²) in [7, 11) is 2.00. The summed E-state index contributed by atoms with van der Waals surface area (Å²) in [6.45, 7) is 1.09. The van der Waals surface area contributed by atoms with Crippen molar-refractivity contribution in [1.29, 1.82) is 0 Å². The minimum Gasteiger partial charge on any atom is -0.320 e. The molecule has 1 nitrogen and oxygen atoms in total. The zero-order valence-corrected chi connectivity index (χ0v) is 11.0. The average Bonchev–Trinajstić information content (AvgIpc) is 2.42. The molecule has 0 spiro atoms. The first kappa shape index (κ1) is 12.8. The van der Waals surface area contributed by atoms with Crippen LogP contribution < -0.4 is 5.32 Å². The third-order valence-electron chi connectivity index (χ3n) is 3.17. The fraction of sp³-hybridized carbons (Fsp3) is 0.294. The Morgan fingerprint density at radius 3 is 2.06 bits per heavy atom. The van der Waals surface area contributed by atoms with Gasteiger partial charge in [0.2, 0.25) is 0 Å². The Morgan fingerprint density at radius 2 is 1.39 bits per heavy atom. The van der Waals surface area contributed by atoms with Gasteiger partial charge in [-0.05, 0) is 49.5 Å². The largest absolute Gasteiger partial charge is 0.320 e. The molecule has 1 N–H and O–H groups in total. The molecule has 0 aliphatic heterocycles. The van der Waals surface area contributed by atoms with Gasteiger partial charge in [0.25, 0.3) is 0 Å². The van der Waals surface area contributed by atoms with Gasteiger partial charge in [-0.2, -0.15) is 0 Å². The lowest BCUT2D eigenvalue weighted by Crippen LogP contribution is -2.08. The highest BCUT2D eigenvalue weighted by Gasteiger charge is 1.97. The van der Waals surface area contributed by atoms with Crippen LogP contribution in [0, 0.1) is 0 Å². The van der Waals surface area contributed by atoms with Crippen LogP contribution in [-0.2, 0) is 12.8 Å². The predicted molar refractivity (Wildman–Crippen MR) is 77.9 cm³/mol. The van der Waals surface area contributed by atoms with Gasteiger partial charge < -0.3 is 5.32 Å². The van der Waals surface area contributed by atoms with Crippen molar-refractivity contribution in [3.63, 3.8) is 0 Å². The van der Waals surface area contributed by atoms with Crippen LogP contribution in [0.15, 0.2) is 54.6 Å². The third kappa shape index (κ3) is 4.01. The summed E-state index contributed by atoms with van der Waals surface area (Å²) in [6, 6.07) is 19.6. The van der Waals surface area contributed by atoms with E-state index >= 15 is 0 Å². The number of hydrogen-bond donors (Lipinski definition) is 1. The molecule has 0 radical (unpaired) electrons. The molecule has 2 aromatic rings. The van der Waals surface area contributed by atoms with E-state index < -0.39 is 0 Å². The fourth-order valence-electron chi connectivity index (χ4n) is 2.12. The number of rotatable bonds is 6. The first-order valence-corrected chi connectivity index (χ1v) is 6.65. The molecular formula is C17H21N. The molecule has 0 saturated carbocycles. The van der Waals surface area contributed by atoms with E-state index in [1.807, 2.05) is 7.05 Å². The number of aryl methyl sites for hydroxylation is 1. The van der Waals surface area contributed by atoms with Gasteiger partial charge in [0, 0.05) is 0 Å². The Morgan fingerprint density at radius 1 is 0.778 bits per heavy atom. The molecule has 0 saturated heterocycles. The van der Waals surface area contributed by atoms with Crippen molar-refractivity contribution in [1.82, 2.24) is 5.32 Å². The normalized spacial score (nSPS) is 10.5. The third-order valence-corrected chi connectivity index (χ3v) is 3.17. The van der Waals surface area contributed by atoms with Gasteiger partial charge >= 0.3 is 0 Å². The summed E-state index contributed by atoms with van der Waals surface area (Å²) in [5, 5.41) is 3.18. The van der Waals surface area contributed by atoms with Crippen molar-refractivity contribution < 1.29 is 0 Å². The summed E-state index contributed by atoms with van der Waals surface area (Å²) in [6.07, 6.45) is 3.39. The van der Waals surface area contributed by atoms with E-state index in [9.17, 15) is 0 Å². The average molecular weight is 239 g/mol. The van der Waals surface area contributed by atoms with Crippen molar-refractivity contribution in [3.8, 4) is 0 Å². The summed E-state index contributed by atoms with van der Waals surface area (Å²) >= 11 is 0. The lowest BCUT2D eigenvalue weighted by molar-refractivity contribution is 0.724. The van der Waals surface area contributed by atoms with E-state index in [1.54, 1.807) is 0 Å². The van der Waals surface area contributed by atoms with E-state index in [1.165, 1.54) is 23.1 Å². The van der Waals surface area contributed by atoms with E-state index in [0.29, 0.717) is 0 Å². The van der Waals surface area contributed by atoms with E-state index in [4.69, 9.17) is 0 Å². The van der Waals surface area contributed by atoms with Gasteiger partial charge in [-0.15, -0.1) is 0 Å². The summed E-state index contributed by atoms with van der Waals surface area (Å²) in [5.41, 5.74) is 4.20. The van der Waals surface area contributed by atoms with Gasteiger partial charge in [-0.3, -0.25) is 0 Å². The predicted octanol–water partition coefficient (Wildman–Crippen LogP) is 3.43. The minimum atomic E-state index is 1.03. The topological polar surface area (TPSA) is 12.0 Å². The first-order chi connectivity index (χ1) is 8.88. The zero-order valence-electron chi connectivity index (χ0n) is 11.0. The summed E-state index contributed by atoms with van der Waals surface area (Å²) in [4.78, 5) is 0. The quantitative estimate of drug-likeness (QED) is 0.762. The van der Waals surface area contributed by atoms with Crippen LogP contribution in [0.25, 0.3) is 0 Å². The van der Waals surface area contributed by atoms with Crippen LogP contribution in [0.3, 0.4) is 0 Å². The van der Waals surface area contributed by atoms with Crippen molar-refractivity contribution >= 4 is 0 Å². The molecule has 2 aromatic carbocycles. The SMILES string of the molecule is CNCCCc1ccc(Cc2ccccc2)cc1. The highest BCUT2D eigenvalue weighted by atomic mass is 14.8. The molecule has 0 unspecified atom stereocenters. The van der Waals surface area contributed by atoms with Gasteiger partial charge in [0.15, 0.2) is 0 Å². The highest BCUT2D eigenvalue weighted by molar-refractivity contribution is 5.28. The van der Waals surface area contributed by atoms with Crippen molar-refractivity contribution in [2.45, 2.75) is 19.3 Å². The maximum absolute atomic E-state index is 3.18. The molecule has 0 atom stereocenters. The first-order valence-electron chi connectivity index (χ1n) is 6.65. The Kier molecular flexibility index (Phi) is 4.98. The van der Waals surface area contributed by atoms with Gasteiger partial charge in [-0.25, -0.2) is 0 Å². The van der Waals surface area contributed by atoms with Crippen LogP contribution >= 0.6 is 0 Å². The fourth-order valence-corrected chi connectivity index (χ4v) is 2.12. The Balaban J connectivity index is 1.91. The Hall–Kier alpha value is -1.60. The van der Waals surface area contributed by atoms with Crippen LogP contribution in [0.2, 0.25) is 0 Å². The Bertz CT molecular complexity index is 445. The van der Waals surface area contributed by atoms with Crippen molar-refractivity contribution in [3.05, 3.63) is 71.3 Å². The lowest BCUT2D eigenvalue weighted by atomic mass is 10.0. The second-order valence-corrected chi connectivity index (χ2v) is 4.69. The standard InChI is InChI=1S/C17H21N/c1-18-13-5-8-15-9-11-17(12-10-15)14-16-6-3-2-4-7-16/h2-4,6-7,9-12,18H,5,8,13-14H2,1H3. The number of hydrogen-bond acceptors (Lipinski definition) is 1. The molecule has 2 rings (SSSR count). The van der Waals surface area contributed by atoms with Gasteiger partial charge in [-0.1, -0.05) is 54.6 Å².